The van der Waals surface area contributed by atoms with Crippen molar-refractivity contribution in [2.45, 2.75) is 44.6 Å². The molecule has 1 aliphatic heterocycles. The molecule has 1 aromatic rings. The molecular formula is C15H22S2. The molecule has 0 saturated carbocycles. The van der Waals surface area contributed by atoms with Crippen LogP contribution in [0.1, 0.15) is 35.6 Å². The molecule has 1 saturated heterocycles. The zero-order valence-corrected chi connectivity index (χ0v) is 12.9. The Hall–Kier alpha value is -0.0800. The van der Waals surface area contributed by atoms with Crippen LogP contribution in [0.4, 0.5) is 0 Å². The van der Waals surface area contributed by atoms with Crippen LogP contribution in [0.3, 0.4) is 0 Å². The minimum Gasteiger partial charge on any atom is -0.144 e. The van der Waals surface area contributed by atoms with Crippen LogP contribution in [0.2, 0.25) is 0 Å². The summed E-state index contributed by atoms with van der Waals surface area (Å²) in [4.78, 5) is 0. The first-order valence-electron chi connectivity index (χ1n) is 6.35. The van der Waals surface area contributed by atoms with Crippen LogP contribution in [0.5, 0.6) is 0 Å². The largest absolute Gasteiger partial charge is 0.144 e. The van der Waals surface area contributed by atoms with Crippen LogP contribution in [0.25, 0.3) is 0 Å². The van der Waals surface area contributed by atoms with Gasteiger partial charge >= 0.3 is 0 Å². The van der Waals surface area contributed by atoms with Crippen LogP contribution >= 0.6 is 23.5 Å². The maximum Gasteiger partial charge on any atom is 0.0623 e. The minimum atomic E-state index is 0.392. The maximum absolute atomic E-state index is 2.42. The summed E-state index contributed by atoms with van der Waals surface area (Å²) >= 11 is 4.29. The number of rotatable bonds is 2. The molecule has 17 heavy (non-hydrogen) atoms. The number of hydrogen-bond donors (Lipinski definition) is 0. The van der Waals surface area contributed by atoms with Gasteiger partial charge in [-0.1, -0.05) is 17.7 Å². The molecule has 2 heteroatoms. The molecule has 0 amide bonds. The van der Waals surface area contributed by atoms with Gasteiger partial charge in [0.1, 0.15) is 0 Å². The maximum atomic E-state index is 2.42. The highest BCUT2D eigenvalue weighted by Gasteiger charge is 2.29. The molecule has 0 unspecified atom stereocenters. The molecule has 0 aliphatic carbocycles. The van der Waals surface area contributed by atoms with E-state index in [1.54, 1.807) is 5.56 Å². The molecule has 0 nitrogen and oxygen atoms in total. The number of hydrogen-bond acceptors (Lipinski definition) is 2. The molecule has 0 aromatic heterocycles. The monoisotopic (exact) mass is 266 g/mol. The molecule has 0 atom stereocenters. The second-order valence-electron chi connectivity index (χ2n) is 5.24. The van der Waals surface area contributed by atoms with Crippen LogP contribution in [-0.4, -0.2) is 15.6 Å². The van der Waals surface area contributed by atoms with Crippen LogP contribution in [0, 0.1) is 20.8 Å². The van der Waals surface area contributed by atoms with E-state index in [4.69, 9.17) is 0 Å². The standard InChI is InChI=1S/C15H22S2/c1-11-8-12(2)14(13(3)9-11)10-15(4)16-6-5-7-17-15/h8-9H,5-7,10H2,1-4H3. The van der Waals surface area contributed by atoms with Crippen molar-refractivity contribution < 1.29 is 0 Å². The van der Waals surface area contributed by atoms with Gasteiger partial charge in [0.2, 0.25) is 0 Å². The predicted molar refractivity (Wildman–Crippen MR) is 82.3 cm³/mol. The third-order valence-electron chi connectivity index (χ3n) is 3.44. The van der Waals surface area contributed by atoms with Crippen LogP contribution in [0.15, 0.2) is 12.1 Å². The highest BCUT2D eigenvalue weighted by Crippen LogP contribution is 2.44. The van der Waals surface area contributed by atoms with Crippen molar-refractivity contribution in [2.24, 2.45) is 0 Å². The van der Waals surface area contributed by atoms with Crippen molar-refractivity contribution in [3.63, 3.8) is 0 Å². The Labute approximate surface area is 114 Å². The topological polar surface area (TPSA) is 0 Å². The smallest absolute Gasteiger partial charge is 0.0623 e. The van der Waals surface area contributed by atoms with Crippen molar-refractivity contribution in [1.29, 1.82) is 0 Å². The van der Waals surface area contributed by atoms with Gasteiger partial charge in [-0.2, -0.15) is 0 Å². The van der Waals surface area contributed by atoms with Gasteiger partial charge in [0.25, 0.3) is 0 Å². The lowest BCUT2D eigenvalue weighted by Gasteiger charge is -2.33. The summed E-state index contributed by atoms with van der Waals surface area (Å²) in [6.45, 7) is 9.13. The fourth-order valence-electron chi connectivity index (χ4n) is 2.59. The van der Waals surface area contributed by atoms with Gasteiger partial charge in [0.05, 0.1) is 4.08 Å². The molecule has 94 valence electrons. The molecule has 1 fully saturated rings. The summed E-state index contributed by atoms with van der Waals surface area (Å²) in [5.74, 6) is 2.65. The molecule has 0 spiro atoms. The summed E-state index contributed by atoms with van der Waals surface area (Å²) in [5, 5.41) is 0. The minimum absolute atomic E-state index is 0.392. The van der Waals surface area contributed by atoms with Gasteiger partial charge in [-0.3, -0.25) is 0 Å². The normalized spacial score (nSPS) is 19.3. The van der Waals surface area contributed by atoms with E-state index in [2.05, 4.69) is 63.4 Å². The summed E-state index contributed by atoms with van der Waals surface area (Å²) in [6, 6.07) is 4.65. The summed E-state index contributed by atoms with van der Waals surface area (Å²) in [6.07, 6.45) is 2.58. The first kappa shape index (κ1) is 13.4. The van der Waals surface area contributed by atoms with Crippen LogP contribution < -0.4 is 0 Å². The van der Waals surface area contributed by atoms with E-state index in [9.17, 15) is 0 Å². The molecular weight excluding hydrogens is 244 g/mol. The Kier molecular flexibility index (Phi) is 4.14. The number of benzene rings is 1. The lowest BCUT2D eigenvalue weighted by Crippen LogP contribution is -2.24. The van der Waals surface area contributed by atoms with E-state index in [0.717, 1.165) is 0 Å². The van der Waals surface area contributed by atoms with Gasteiger partial charge < -0.3 is 0 Å². The van der Waals surface area contributed by atoms with Crippen LogP contribution in [-0.2, 0) is 6.42 Å². The van der Waals surface area contributed by atoms with Gasteiger partial charge in [-0.15, -0.1) is 23.5 Å². The second kappa shape index (κ2) is 5.27. The van der Waals surface area contributed by atoms with E-state index >= 15 is 0 Å². The van der Waals surface area contributed by atoms with Gasteiger partial charge in [-0.25, -0.2) is 0 Å². The average molecular weight is 266 g/mol. The number of thioether (sulfide) groups is 2. The van der Waals surface area contributed by atoms with Crippen molar-refractivity contribution in [3.05, 3.63) is 34.4 Å². The molecule has 1 aromatic carbocycles. The van der Waals surface area contributed by atoms with E-state index in [-0.39, 0.29) is 0 Å². The number of aryl methyl sites for hydroxylation is 3. The van der Waals surface area contributed by atoms with Gasteiger partial charge in [0, 0.05) is 0 Å². The summed E-state index contributed by atoms with van der Waals surface area (Å²) in [5.41, 5.74) is 5.89. The highest BCUT2D eigenvalue weighted by molar-refractivity contribution is 8.18. The van der Waals surface area contributed by atoms with E-state index in [1.165, 1.54) is 41.0 Å². The highest BCUT2D eigenvalue weighted by atomic mass is 32.2. The molecule has 1 aliphatic rings. The lowest BCUT2D eigenvalue weighted by atomic mass is 9.96. The third kappa shape index (κ3) is 3.23. The van der Waals surface area contributed by atoms with Gasteiger partial charge in [0.15, 0.2) is 0 Å². The second-order valence-corrected chi connectivity index (χ2v) is 8.69. The SMILES string of the molecule is Cc1cc(C)c(CC2(C)SCCCS2)c(C)c1. The zero-order chi connectivity index (χ0) is 12.5. The molecule has 0 bridgehead atoms. The Morgan fingerprint density at radius 1 is 1.06 bits per heavy atom. The summed E-state index contributed by atoms with van der Waals surface area (Å²) in [7, 11) is 0. The zero-order valence-electron chi connectivity index (χ0n) is 11.3. The molecule has 0 N–H and O–H groups in total. The third-order valence-corrected chi connectivity index (χ3v) is 6.64. The molecule has 2 rings (SSSR count). The fraction of sp³-hybridized carbons (Fsp3) is 0.600. The predicted octanol–water partition coefficient (Wildman–Crippen LogP) is 4.74. The summed E-state index contributed by atoms with van der Waals surface area (Å²) < 4.78 is 0.392. The Morgan fingerprint density at radius 3 is 2.12 bits per heavy atom. The van der Waals surface area contributed by atoms with Crippen molar-refractivity contribution in [2.75, 3.05) is 11.5 Å². The first-order chi connectivity index (χ1) is 8.00. The molecule has 0 radical (unpaired) electrons. The van der Waals surface area contributed by atoms with E-state index < -0.39 is 0 Å². The first-order valence-corrected chi connectivity index (χ1v) is 8.32. The fourth-order valence-corrected chi connectivity index (χ4v) is 5.54. The quantitative estimate of drug-likeness (QED) is 0.758. The lowest BCUT2D eigenvalue weighted by molar-refractivity contribution is 0.848. The van der Waals surface area contributed by atoms with Crippen molar-refractivity contribution in [1.82, 2.24) is 0 Å². The van der Waals surface area contributed by atoms with E-state index in [0.29, 0.717) is 4.08 Å². The average Bonchev–Trinajstić information content (AvgIpc) is 2.24. The van der Waals surface area contributed by atoms with Gasteiger partial charge in [-0.05, 0) is 68.7 Å². The van der Waals surface area contributed by atoms with E-state index in [1.807, 2.05) is 0 Å². The Balaban J connectivity index is 2.23. The van der Waals surface area contributed by atoms with Crippen molar-refractivity contribution >= 4 is 23.5 Å². The molecule has 1 heterocycles. The Morgan fingerprint density at radius 2 is 1.59 bits per heavy atom. The van der Waals surface area contributed by atoms with Crippen molar-refractivity contribution in [3.8, 4) is 0 Å². The Bertz CT molecular complexity index is 380.